The van der Waals surface area contributed by atoms with Crippen molar-refractivity contribution >= 4 is 6.03 Å². The maximum Gasteiger partial charge on any atom is 0.312 e. The number of rotatable bonds is 8. The molecule has 0 bridgehead atoms. The van der Waals surface area contributed by atoms with Crippen molar-refractivity contribution < 1.29 is 9.53 Å². The van der Waals surface area contributed by atoms with Gasteiger partial charge in [-0.1, -0.05) is 19.1 Å². The van der Waals surface area contributed by atoms with Crippen LogP contribution in [0.15, 0.2) is 24.3 Å². The molecule has 0 aliphatic rings. The van der Waals surface area contributed by atoms with Crippen molar-refractivity contribution in [1.82, 2.24) is 10.6 Å². The first-order valence-electron chi connectivity index (χ1n) is 6.63. The van der Waals surface area contributed by atoms with E-state index in [-0.39, 0.29) is 6.04 Å². The topological polar surface area (TPSA) is 76.4 Å². The number of benzene rings is 1. The van der Waals surface area contributed by atoms with E-state index < -0.39 is 6.03 Å². The minimum Gasteiger partial charge on any atom is -0.494 e. The third-order valence-electron chi connectivity index (χ3n) is 2.73. The SMILES string of the molecule is CCCOc1ccc(C(C)NCCNC(N)=O)cc1. The summed E-state index contributed by atoms with van der Waals surface area (Å²) < 4.78 is 5.53. The zero-order valence-electron chi connectivity index (χ0n) is 11.6. The Kier molecular flexibility index (Phi) is 6.74. The Morgan fingerprint density at radius 2 is 2.00 bits per heavy atom. The summed E-state index contributed by atoms with van der Waals surface area (Å²) >= 11 is 0. The number of primary amides is 1. The molecular weight excluding hydrogens is 242 g/mol. The second kappa shape index (κ2) is 8.37. The van der Waals surface area contributed by atoms with Crippen LogP contribution in [0.1, 0.15) is 31.9 Å². The Morgan fingerprint density at radius 1 is 1.32 bits per heavy atom. The fourth-order valence-electron chi connectivity index (χ4n) is 1.66. The molecule has 0 saturated carbocycles. The molecule has 0 radical (unpaired) electrons. The lowest BCUT2D eigenvalue weighted by Gasteiger charge is -2.15. The number of hydrogen-bond acceptors (Lipinski definition) is 3. The summed E-state index contributed by atoms with van der Waals surface area (Å²) in [5, 5.41) is 5.85. The molecule has 1 aromatic carbocycles. The van der Waals surface area contributed by atoms with E-state index in [1.165, 1.54) is 5.56 Å². The molecule has 5 nitrogen and oxygen atoms in total. The van der Waals surface area contributed by atoms with Gasteiger partial charge in [0, 0.05) is 19.1 Å². The number of amides is 2. The van der Waals surface area contributed by atoms with E-state index >= 15 is 0 Å². The quantitative estimate of drug-likeness (QED) is 0.627. The van der Waals surface area contributed by atoms with E-state index in [0.29, 0.717) is 13.1 Å². The minimum atomic E-state index is -0.494. The Morgan fingerprint density at radius 3 is 2.58 bits per heavy atom. The van der Waals surface area contributed by atoms with Gasteiger partial charge in [0.05, 0.1) is 6.61 Å². The first-order valence-corrected chi connectivity index (χ1v) is 6.63. The molecule has 0 saturated heterocycles. The van der Waals surface area contributed by atoms with Crippen LogP contribution >= 0.6 is 0 Å². The fraction of sp³-hybridized carbons (Fsp3) is 0.500. The van der Waals surface area contributed by atoms with Crippen LogP contribution in [0.25, 0.3) is 0 Å². The van der Waals surface area contributed by atoms with Crippen molar-refractivity contribution in [3.63, 3.8) is 0 Å². The second-order valence-electron chi connectivity index (χ2n) is 4.38. The molecular formula is C14H23N3O2. The lowest BCUT2D eigenvalue weighted by atomic mass is 10.1. The van der Waals surface area contributed by atoms with Crippen molar-refractivity contribution in [3.05, 3.63) is 29.8 Å². The number of carbonyl (C=O) groups is 1. The van der Waals surface area contributed by atoms with Crippen LogP contribution < -0.4 is 21.1 Å². The average Bonchev–Trinajstić information content (AvgIpc) is 2.41. The third kappa shape index (κ3) is 6.10. The van der Waals surface area contributed by atoms with Gasteiger partial charge in [-0.25, -0.2) is 4.79 Å². The summed E-state index contributed by atoms with van der Waals surface area (Å²) in [6.07, 6.45) is 1.01. The molecule has 0 fully saturated rings. The Labute approximate surface area is 114 Å². The van der Waals surface area contributed by atoms with Crippen LogP contribution in [0.2, 0.25) is 0 Å². The van der Waals surface area contributed by atoms with Crippen molar-refractivity contribution in [3.8, 4) is 5.75 Å². The largest absolute Gasteiger partial charge is 0.494 e. The predicted octanol–water partition coefficient (Wildman–Crippen LogP) is 1.79. The van der Waals surface area contributed by atoms with E-state index in [0.717, 1.165) is 18.8 Å². The molecule has 1 unspecified atom stereocenters. The maximum atomic E-state index is 10.5. The molecule has 0 heterocycles. The summed E-state index contributed by atoms with van der Waals surface area (Å²) in [6.45, 7) is 6.11. The zero-order valence-corrected chi connectivity index (χ0v) is 11.6. The Hall–Kier alpha value is -1.75. The average molecular weight is 265 g/mol. The lowest BCUT2D eigenvalue weighted by Crippen LogP contribution is -2.35. The van der Waals surface area contributed by atoms with E-state index in [4.69, 9.17) is 10.5 Å². The van der Waals surface area contributed by atoms with Gasteiger partial charge in [0.2, 0.25) is 0 Å². The second-order valence-corrected chi connectivity index (χ2v) is 4.38. The lowest BCUT2D eigenvalue weighted by molar-refractivity contribution is 0.249. The summed E-state index contributed by atoms with van der Waals surface area (Å²) in [5.74, 6) is 0.896. The van der Waals surface area contributed by atoms with Gasteiger partial charge in [-0.05, 0) is 31.0 Å². The Bertz CT molecular complexity index is 379. The monoisotopic (exact) mass is 265 g/mol. The standard InChI is InChI=1S/C14H23N3O2/c1-3-10-19-13-6-4-12(5-7-13)11(2)16-8-9-17-14(15)18/h4-7,11,16H,3,8-10H2,1-2H3,(H3,15,17,18). The van der Waals surface area contributed by atoms with Crippen molar-refractivity contribution in [2.24, 2.45) is 5.73 Å². The van der Waals surface area contributed by atoms with Crippen molar-refractivity contribution in [1.29, 1.82) is 0 Å². The van der Waals surface area contributed by atoms with Gasteiger partial charge in [-0.2, -0.15) is 0 Å². The molecule has 106 valence electrons. The molecule has 0 spiro atoms. The normalized spacial score (nSPS) is 11.9. The summed E-state index contributed by atoms with van der Waals surface area (Å²) in [4.78, 5) is 10.5. The first kappa shape index (κ1) is 15.3. The van der Waals surface area contributed by atoms with Crippen LogP contribution in [0.3, 0.4) is 0 Å². The van der Waals surface area contributed by atoms with Crippen LogP contribution in [0.4, 0.5) is 4.79 Å². The van der Waals surface area contributed by atoms with Gasteiger partial charge in [0.1, 0.15) is 5.75 Å². The van der Waals surface area contributed by atoms with Crippen LogP contribution in [-0.4, -0.2) is 25.7 Å². The smallest absolute Gasteiger partial charge is 0.312 e. The zero-order chi connectivity index (χ0) is 14.1. The molecule has 0 aliphatic heterocycles. The third-order valence-corrected chi connectivity index (χ3v) is 2.73. The summed E-state index contributed by atoms with van der Waals surface area (Å²) in [6, 6.07) is 7.77. The highest BCUT2D eigenvalue weighted by molar-refractivity contribution is 5.71. The molecule has 5 heteroatoms. The number of carbonyl (C=O) groups excluding carboxylic acids is 1. The van der Waals surface area contributed by atoms with Crippen molar-refractivity contribution in [2.75, 3.05) is 19.7 Å². The number of hydrogen-bond donors (Lipinski definition) is 3. The number of ether oxygens (including phenoxy) is 1. The van der Waals surface area contributed by atoms with Gasteiger partial charge >= 0.3 is 6.03 Å². The highest BCUT2D eigenvalue weighted by Crippen LogP contribution is 2.17. The molecule has 4 N–H and O–H groups in total. The maximum absolute atomic E-state index is 10.5. The molecule has 19 heavy (non-hydrogen) atoms. The molecule has 0 aliphatic carbocycles. The molecule has 1 rings (SSSR count). The highest BCUT2D eigenvalue weighted by Gasteiger charge is 2.04. The van der Waals surface area contributed by atoms with Gasteiger partial charge < -0.3 is 21.1 Å². The molecule has 2 amide bonds. The minimum absolute atomic E-state index is 0.218. The fourth-order valence-corrected chi connectivity index (χ4v) is 1.66. The van der Waals surface area contributed by atoms with Crippen LogP contribution in [0.5, 0.6) is 5.75 Å². The summed E-state index contributed by atoms with van der Waals surface area (Å²) in [7, 11) is 0. The van der Waals surface area contributed by atoms with Gasteiger partial charge in [0.15, 0.2) is 0 Å². The number of nitrogens with two attached hydrogens (primary N) is 1. The van der Waals surface area contributed by atoms with Crippen LogP contribution in [0, 0.1) is 0 Å². The van der Waals surface area contributed by atoms with Gasteiger partial charge in [-0.3, -0.25) is 0 Å². The molecule has 0 aromatic heterocycles. The number of urea groups is 1. The van der Waals surface area contributed by atoms with Crippen LogP contribution in [-0.2, 0) is 0 Å². The van der Waals surface area contributed by atoms with Gasteiger partial charge in [0.25, 0.3) is 0 Å². The predicted molar refractivity (Wildman–Crippen MR) is 76.2 cm³/mol. The first-order chi connectivity index (χ1) is 9.13. The van der Waals surface area contributed by atoms with E-state index in [1.807, 2.05) is 24.3 Å². The van der Waals surface area contributed by atoms with E-state index in [1.54, 1.807) is 0 Å². The van der Waals surface area contributed by atoms with E-state index in [9.17, 15) is 4.79 Å². The van der Waals surface area contributed by atoms with Crippen molar-refractivity contribution in [2.45, 2.75) is 26.3 Å². The Balaban J connectivity index is 2.35. The number of nitrogens with one attached hydrogen (secondary N) is 2. The van der Waals surface area contributed by atoms with Gasteiger partial charge in [-0.15, -0.1) is 0 Å². The van der Waals surface area contributed by atoms with E-state index in [2.05, 4.69) is 24.5 Å². The highest BCUT2D eigenvalue weighted by atomic mass is 16.5. The molecule has 1 aromatic rings. The molecule has 1 atom stereocenters. The summed E-state index contributed by atoms with van der Waals surface area (Å²) in [5.41, 5.74) is 6.17.